The number of H-pyrrole nitrogens is 1. The zero-order chi connectivity index (χ0) is 9.68. The molecule has 0 aliphatic carbocycles. The lowest BCUT2D eigenvalue weighted by Crippen LogP contribution is -2.12. The summed E-state index contributed by atoms with van der Waals surface area (Å²) >= 11 is 5.48. The van der Waals surface area contributed by atoms with Gasteiger partial charge in [0.05, 0.1) is 12.7 Å². The summed E-state index contributed by atoms with van der Waals surface area (Å²) in [4.78, 5) is 17.3. The van der Waals surface area contributed by atoms with Crippen molar-refractivity contribution in [3.05, 3.63) is 21.6 Å². The number of halogens is 1. The van der Waals surface area contributed by atoms with Gasteiger partial charge in [0.1, 0.15) is 5.02 Å². The molecule has 5 heteroatoms. The van der Waals surface area contributed by atoms with Crippen molar-refractivity contribution in [2.24, 2.45) is 0 Å². The molecular weight excluding hydrogens is 190 g/mol. The second-order valence-corrected chi connectivity index (χ2v) is 2.60. The lowest BCUT2D eigenvalue weighted by atomic mass is 10.6. The molecule has 0 spiro atoms. The highest BCUT2D eigenvalue weighted by atomic mass is 35.5. The van der Waals surface area contributed by atoms with Crippen LogP contribution in [0.25, 0.3) is 0 Å². The molecule has 0 aliphatic heterocycles. The largest absolute Gasteiger partial charge is 0.345 e. The lowest BCUT2D eigenvalue weighted by molar-refractivity contribution is 1.09. The third-order valence-electron chi connectivity index (χ3n) is 1.28. The molecule has 0 fully saturated rings. The standard InChI is InChI=1S/C8H8ClN3O/c1-2-3-4-10-8-11-5-6(9)7(13)12-8/h5H,4H2,1H3,(H2,10,11,12,13). The molecule has 0 atom stereocenters. The van der Waals surface area contributed by atoms with Crippen molar-refractivity contribution in [3.8, 4) is 11.8 Å². The van der Waals surface area contributed by atoms with Gasteiger partial charge >= 0.3 is 0 Å². The van der Waals surface area contributed by atoms with Gasteiger partial charge in [-0.25, -0.2) is 4.98 Å². The Morgan fingerprint density at radius 3 is 3.15 bits per heavy atom. The summed E-state index contributed by atoms with van der Waals surface area (Å²) in [6.07, 6.45) is 1.29. The number of hydrogen-bond acceptors (Lipinski definition) is 3. The molecule has 0 aromatic carbocycles. The van der Waals surface area contributed by atoms with Crippen molar-refractivity contribution >= 4 is 17.5 Å². The maximum atomic E-state index is 11.0. The average molecular weight is 198 g/mol. The van der Waals surface area contributed by atoms with Crippen LogP contribution >= 0.6 is 11.6 Å². The number of rotatable bonds is 2. The minimum atomic E-state index is -0.358. The van der Waals surface area contributed by atoms with E-state index in [2.05, 4.69) is 27.1 Å². The van der Waals surface area contributed by atoms with Crippen molar-refractivity contribution in [1.29, 1.82) is 0 Å². The molecule has 0 aliphatic rings. The first-order valence-electron chi connectivity index (χ1n) is 3.62. The molecule has 13 heavy (non-hydrogen) atoms. The SMILES string of the molecule is CC#CCNc1ncc(Cl)c(=O)[nH]1. The normalized spacial score (nSPS) is 8.77. The number of hydrogen-bond donors (Lipinski definition) is 2. The zero-order valence-electron chi connectivity index (χ0n) is 7.02. The average Bonchev–Trinajstić information content (AvgIpc) is 2.12. The quantitative estimate of drug-likeness (QED) is 0.692. The first-order valence-corrected chi connectivity index (χ1v) is 4.00. The molecule has 2 N–H and O–H groups in total. The molecule has 0 saturated carbocycles. The van der Waals surface area contributed by atoms with Gasteiger partial charge < -0.3 is 5.32 Å². The molecule has 1 rings (SSSR count). The molecule has 0 unspecified atom stereocenters. The van der Waals surface area contributed by atoms with Gasteiger partial charge in [-0.1, -0.05) is 17.5 Å². The van der Waals surface area contributed by atoms with E-state index in [1.165, 1.54) is 6.20 Å². The summed E-state index contributed by atoms with van der Waals surface area (Å²) < 4.78 is 0. The molecule has 68 valence electrons. The van der Waals surface area contributed by atoms with Crippen LogP contribution in [0.5, 0.6) is 0 Å². The summed E-state index contributed by atoms with van der Waals surface area (Å²) in [6, 6.07) is 0. The van der Waals surface area contributed by atoms with Crippen molar-refractivity contribution < 1.29 is 0 Å². The van der Waals surface area contributed by atoms with Crippen LogP contribution in [0.1, 0.15) is 6.92 Å². The third-order valence-corrected chi connectivity index (χ3v) is 1.55. The van der Waals surface area contributed by atoms with Gasteiger partial charge in [0.25, 0.3) is 5.56 Å². The van der Waals surface area contributed by atoms with Gasteiger partial charge in [-0.15, -0.1) is 5.92 Å². The monoisotopic (exact) mass is 197 g/mol. The molecule has 0 bridgehead atoms. The zero-order valence-corrected chi connectivity index (χ0v) is 7.77. The van der Waals surface area contributed by atoms with Crippen LogP contribution in [0, 0.1) is 11.8 Å². The number of aromatic nitrogens is 2. The van der Waals surface area contributed by atoms with E-state index in [9.17, 15) is 4.79 Å². The van der Waals surface area contributed by atoms with Crippen molar-refractivity contribution in [1.82, 2.24) is 9.97 Å². The second-order valence-electron chi connectivity index (χ2n) is 2.19. The molecule has 0 radical (unpaired) electrons. The fraction of sp³-hybridized carbons (Fsp3) is 0.250. The van der Waals surface area contributed by atoms with E-state index in [-0.39, 0.29) is 10.6 Å². The molecule has 1 heterocycles. The minimum Gasteiger partial charge on any atom is -0.345 e. The summed E-state index contributed by atoms with van der Waals surface area (Å²) in [7, 11) is 0. The van der Waals surface area contributed by atoms with Crippen LogP contribution in [-0.2, 0) is 0 Å². The summed E-state index contributed by atoms with van der Waals surface area (Å²) in [5, 5.41) is 2.89. The smallest absolute Gasteiger partial charge is 0.271 e. The Hall–Kier alpha value is -1.47. The fourth-order valence-electron chi connectivity index (χ4n) is 0.686. The molecule has 1 aromatic heterocycles. The van der Waals surface area contributed by atoms with Crippen LogP contribution < -0.4 is 10.9 Å². The first kappa shape index (κ1) is 9.62. The number of nitrogens with one attached hydrogen (secondary N) is 2. The predicted molar refractivity (Wildman–Crippen MR) is 51.8 cm³/mol. The van der Waals surface area contributed by atoms with Crippen LogP contribution in [-0.4, -0.2) is 16.5 Å². The second kappa shape index (κ2) is 4.53. The van der Waals surface area contributed by atoms with Gasteiger partial charge in [0.15, 0.2) is 0 Å². The van der Waals surface area contributed by atoms with Gasteiger partial charge in [-0.3, -0.25) is 9.78 Å². The topological polar surface area (TPSA) is 57.8 Å². The Morgan fingerprint density at radius 1 is 1.77 bits per heavy atom. The third kappa shape index (κ3) is 2.80. The molecule has 0 saturated heterocycles. The van der Waals surface area contributed by atoms with Crippen LogP contribution in [0.2, 0.25) is 5.02 Å². The van der Waals surface area contributed by atoms with Gasteiger partial charge in [-0.05, 0) is 6.92 Å². The van der Waals surface area contributed by atoms with E-state index in [0.717, 1.165) is 0 Å². The Bertz CT molecular complexity index is 402. The van der Waals surface area contributed by atoms with Gasteiger partial charge in [0, 0.05) is 0 Å². The molecular formula is C8H8ClN3O. The summed E-state index contributed by atoms with van der Waals surface area (Å²) in [6.45, 7) is 2.18. The van der Waals surface area contributed by atoms with Crippen molar-refractivity contribution in [2.45, 2.75) is 6.92 Å². The van der Waals surface area contributed by atoms with Crippen LogP contribution in [0.3, 0.4) is 0 Å². The highest BCUT2D eigenvalue weighted by Crippen LogP contribution is 1.98. The van der Waals surface area contributed by atoms with E-state index < -0.39 is 0 Å². The Labute approximate surface area is 80.3 Å². The van der Waals surface area contributed by atoms with E-state index >= 15 is 0 Å². The van der Waals surface area contributed by atoms with Crippen molar-refractivity contribution in [3.63, 3.8) is 0 Å². The number of aromatic amines is 1. The molecule has 4 nitrogen and oxygen atoms in total. The Kier molecular flexibility index (Phi) is 3.35. The summed E-state index contributed by atoms with van der Waals surface area (Å²) in [5.41, 5.74) is -0.358. The van der Waals surface area contributed by atoms with E-state index in [1.54, 1.807) is 6.92 Å². The van der Waals surface area contributed by atoms with E-state index in [0.29, 0.717) is 12.5 Å². The minimum absolute atomic E-state index is 0.0760. The van der Waals surface area contributed by atoms with Crippen LogP contribution in [0.4, 0.5) is 5.95 Å². The fourth-order valence-corrected chi connectivity index (χ4v) is 0.782. The van der Waals surface area contributed by atoms with Gasteiger partial charge in [-0.2, -0.15) is 0 Å². The molecule has 0 amide bonds. The lowest BCUT2D eigenvalue weighted by Gasteiger charge is -1.99. The number of anilines is 1. The summed E-state index contributed by atoms with van der Waals surface area (Å²) in [5.74, 6) is 5.85. The molecule has 1 aromatic rings. The number of nitrogens with zero attached hydrogens (tertiary/aromatic N) is 1. The van der Waals surface area contributed by atoms with Crippen LogP contribution in [0.15, 0.2) is 11.0 Å². The van der Waals surface area contributed by atoms with E-state index in [1.807, 2.05) is 0 Å². The van der Waals surface area contributed by atoms with Gasteiger partial charge in [0.2, 0.25) is 5.95 Å². The maximum absolute atomic E-state index is 11.0. The maximum Gasteiger partial charge on any atom is 0.271 e. The van der Waals surface area contributed by atoms with Crippen molar-refractivity contribution in [2.75, 3.05) is 11.9 Å². The highest BCUT2D eigenvalue weighted by molar-refractivity contribution is 6.30. The first-order chi connectivity index (χ1) is 6.24. The highest BCUT2D eigenvalue weighted by Gasteiger charge is 1.96. The predicted octanol–water partition coefficient (Wildman–Crippen LogP) is 0.858. The van der Waals surface area contributed by atoms with E-state index in [4.69, 9.17) is 11.6 Å². The Morgan fingerprint density at radius 2 is 2.54 bits per heavy atom. The Balaban J connectivity index is 2.72.